The van der Waals surface area contributed by atoms with Gasteiger partial charge in [-0.05, 0) is 17.7 Å². The average Bonchev–Trinajstić information content (AvgIpc) is 3.33. The van der Waals surface area contributed by atoms with Crippen LogP contribution in [-0.4, -0.2) is 50.3 Å². The second-order valence-electron chi connectivity index (χ2n) is 6.67. The maximum Gasteiger partial charge on any atom is 0.224 e. The van der Waals surface area contributed by atoms with E-state index in [1.807, 2.05) is 48.5 Å². The van der Waals surface area contributed by atoms with Gasteiger partial charge in [0.05, 0.1) is 23.8 Å². The van der Waals surface area contributed by atoms with Gasteiger partial charge in [0.2, 0.25) is 5.91 Å². The molecule has 1 aliphatic rings. The molecule has 0 radical (unpaired) electrons. The first-order valence-corrected chi connectivity index (χ1v) is 8.49. The number of aromatic nitrogens is 4. The van der Waals surface area contributed by atoms with Crippen molar-refractivity contribution in [2.45, 2.75) is 12.5 Å². The van der Waals surface area contributed by atoms with Crippen LogP contribution in [0.1, 0.15) is 17.0 Å². The summed E-state index contributed by atoms with van der Waals surface area (Å²) < 4.78 is 3.68. The van der Waals surface area contributed by atoms with Crippen molar-refractivity contribution >= 4 is 11.4 Å². The summed E-state index contributed by atoms with van der Waals surface area (Å²) in [6, 6.07) is 6.07. The topological polar surface area (TPSA) is 67.5 Å². The predicted octanol–water partition coefficient (Wildman–Crippen LogP) is 1.03. The maximum atomic E-state index is 12.4. The number of rotatable bonds is 4. The van der Waals surface area contributed by atoms with Gasteiger partial charge in [0.15, 0.2) is 0 Å². The molecular formula is C18H22N6O. The summed E-state index contributed by atoms with van der Waals surface area (Å²) in [4.78, 5) is 14.7. The lowest BCUT2D eigenvalue weighted by molar-refractivity contribution is -0.124. The van der Waals surface area contributed by atoms with Crippen molar-refractivity contribution in [3.05, 3.63) is 54.1 Å². The summed E-state index contributed by atoms with van der Waals surface area (Å²) in [6.45, 7) is 2.37. The summed E-state index contributed by atoms with van der Waals surface area (Å²) in [5, 5.41) is 11.5. The molecule has 0 aromatic carbocycles. The monoisotopic (exact) mass is 338 g/mol. The fourth-order valence-corrected chi connectivity index (χ4v) is 3.79. The van der Waals surface area contributed by atoms with Crippen LogP contribution in [0, 0.1) is 5.92 Å². The number of aryl methyl sites for hydroxylation is 1. The highest BCUT2D eigenvalue weighted by atomic mass is 16.1. The molecule has 25 heavy (non-hydrogen) atoms. The Morgan fingerprint density at radius 2 is 2.16 bits per heavy atom. The standard InChI is InChI=1S/C18H22N6O/c1-19-18(25)16-12-23(11-15(16)13-7-20-22(2)9-13)10-14-8-21-24-6-4-3-5-17(14)24/h3-9,15-16H,10-12H2,1-2H3,(H,19,25)/t15-,16+/m1/s1. The molecule has 4 rings (SSSR count). The first kappa shape index (κ1) is 15.8. The van der Waals surface area contributed by atoms with Crippen molar-refractivity contribution in [3.63, 3.8) is 0 Å². The Morgan fingerprint density at radius 3 is 2.92 bits per heavy atom. The summed E-state index contributed by atoms with van der Waals surface area (Å²) in [5.41, 5.74) is 3.42. The second-order valence-corrected chi connectivity index (χ2v) is 6.67. The van der Waals surface area contributed by atoms with E-state index in [1.165, 1.54) is 5.56 Å². The highest BCUT2D eigenvalue weighted by Gasteiger charge is 2.38. The first-order chi connectivity index (χ1) is 12.2. The number of fused-ring (bicyclic) bond motifs is 1. The lowest BCUT2D eigenvalue weighted by Gasteiger charge is -2.15. The van der Waals surface area contributed by atoms with E-state index < -0.39 is 0 Å². The van der Waals surface area contributed by atoms with Crippen molar-refractivity contribution in [2.75, 3.05) is 20.1 Å². The molecule has 7 nitrogen and oxygen atoms in total. The summed E-state index contributed by atoms with van der Waals surface area (Å²) in [7, 11) is 3.61. The first-order valence-electron chi connectivity index (χ1n) is 8.49. The van der Waals surface area contributed by atoms with Gasteiger partial charge in [-0.3, -0.25) is 14.4 Å². The number of carbonyl (C=O) groups is 1. The van der Waals surface area contributed by atoms with E-state index in [-0.39, 0.29) is 17.7 Å². The third-order valence-electron chi connectivity index (χ3n) is 5.03. The Balaban J connectivity index is 1.58. The minimum Gasteiger partial charge on any atom is -0.359 e. The van der Waals surface area contributed by atoms with E-state index in [0.29, 0.717) is 0 Å². The van der Waals surface area contributed by atoms with Gasteiger partial charge in [-0.2, -0.15) is 10.2 Å². The molecule has 0 bridgehead atoms. The zero-order chi connectivity index (χ0) is 17.4. The third-order valence-corrected chi connectivity index (χ3v) is 5.03. The molecule has 2 atom stereocenters. The van der Waals surface area contributed by atoms with Crippen LogP contribution < -0.4 is 5.32 Å². The number of likely N-dealkylation sites (tertiary alicyclic amines) is 1. The lowest BCUT2D eigenvalue weighted by Crippen LogP contribution is -2.32. The Morgan fingerprint density at radius 1 is 1.28 bits per heavy atom. The van der Waals surface area contributed by atoms with E-state index in [1.54, 1.807) is 11.7 Å². The van der Waals surface area contributed by atoms with Crippen LogP contribution in [-0.2, 0) is 18.4 Å². The quantitative estimate of drug-likeness (QED) is 0.772. The molecule has 0 saturated carbocycles. The largest absolute Gasteiger partial charge is 0.359 e. The van der Waals surface area contributed by atoms with Crippen molar-refractivity contribution in [2.24, 2.45) is 13.0 Å². The SMILES string of the molecule is CNC(=O)[C@H]1CN(Cc2cnn3ccccc23)C[C@@H]1c1cnn(C)c1. The number of hydrogen-bond acceptors (Lipinski definition) is 4. The second kappa shape index (κ2) is 6.33. The highest BCUT2D eigenvalue weighted by molar-refractivity contribution is 5.80. The van der Waals surface area contributed by atoms with E-state index in [0.717, 1.165) is 30.7 Å². The normalized spacial score (nSPS) is 21.0. The van der Waals surface area contributed by atoms with Gasteiger partial charge in [0.25, 0.3) is 0 Å². The number of hydrogen-bond donors (Lipinski definition) is 1. The molecule has 1 N–H and O–H groups in total. The number of pyridine rings is 1. The smallest absolute Gasteiger partial charge is 0.224 e. The molecule has 0 aliphatic carbocycles. The Kier molecular flexibility index (Phi) is 4.01. The van der Waals surface area contributed by atoms with E-state index in [2.05, 4.69) is 26.5 Å². The van der Waals surface area contributed by atoms with Crippen LogP contribution in [0.2, 0.25) is 0 Å². The molecule has 1 saturated heterocycles. The zero-order valence-electron chi connectivity index (χ0n) is 14.5. The van der Waals surface area contributed by atoms with E-state index in [9.17, 15) is 4.79 Å². The van der Waals surface area contributed by atoms with Crippen molar-refractivity contribution in [1.82, 2.24) is 29.6 Å². The minimum absolute atomic E-state index is 0.0592. The Bertz CT molecular complexity index is 898. The predicted molar refractivity (Wildman–Crippen MR) is 94.0 cm³/mol. The molecule has 1 amide bonds. The van der Waals surface area contributed by atoms with Crippen LogP contribution in [0.15, 0.2) is 43.0 Å². The molecule has 4 heterocycles. The van der Waals surface area contributed by atoms with Gasteiger partial charge in [0, 0.05) is 57.6 Å². The van der Waals surface area contributed by atoms with Crippen molar-refractivity contribution in [3.8, 4) is 0 Å². The molecule has 1 aliphatic heterocycles. The molecule has 3 aromatic heterocycles. The van der Waals surface area contributed by atoms with Crippen molar-refractivity contribution < 1.29 is 4.79 Å². The average molecular weight is 338 g/mol. The van der Waals surface area contributed by atoms with Gasteiger partial charge < -0.3 is 5.32 Å². The van der Waals surface area contributed by atoms with Gasteiger partial charge >= 0.3 is 0 Å². The zero-order valence-corrected chi connectivity index (χ0v) is 14.5. The van der Waals surface area contributed by atoms with Gasteiger partial charge in [-0.1, -0.05) is 6.07 Å². The summed E-state index contributed by atoms with van der Waals surface area (Å²) in [6.07, 6.45) is 7.76. The molecule has 0 spiro atoms. The molecule has 1 fully saturated rings. The fraction of sp³-hybridized carbons (Fsp3) is 0.389. The number of nitrogens with one attached hydrogen (secondary N) is 1. The van der Waals surface area contributed by atoms with Crippen molar-refractivity contribution in [1.29, 1.82) is 0 Å². The Hall–Kier alpha value is -2.67. The van der Waals surface area contributed by atoms with Gasteiger partial charge in [0.1, 0.15) is 0 Å². The third kappa shape index (κ3) is 2.91. The minimum atomic E-state index is -0.0592. The molecule has 130 valence electrons. The van der Waals surface area contributed by atoms with Crippen LogP contribution in [0.5, 0.6) is 0 Å². The Labute approximate surface area is 146 Å². The van der Waals surface area contributed by atoms with Crippen LogP contribution >= 0.6 is 0 Å². The van der Waals surface area contributed by atoms with Crippen LogP contribution in [0.25, 0.3) is 5.52 Å². The summed E-state index contributed by atoms with van der Waals surface area (Å²) >= 11 is 0. The molecule has 3 aromatic rings. The van der Waals surface area contributed by atoms with Gasteiger partial charge in [-0.25, -0.2) is 4.52 Å². The van der Waals surface area contributed by atoms with Crippen LogP contribution in [0.3, 0.4) is 0 Å². The highest BCUT2D eigenvalue weighted by Crippen LogP contribution is 2.33. The molecular weight excluding hydrogens is 316 g/mol. The summed E-state index contributed by atoms with van der Waals surface area (Å²) in [5.74, 6) is 0.197. The lowest BCUT2D eigenvalue weighted by atomic mass is 9.90. The number of nitrogens with zero attached hydrogens (tertiary/aromatic N) is 5. The van der Waals surface area contributed by atoms with Gasteiger partial charge in [-0.15, -0.1) is 0 Å². The van der Waals surface area contributed by atoms with Crippen LogP contribution in [0.4, 0.5) is 0 Å². The number of amides is 1. The molecule has 0 unspecified atom stereocenters. The fourth-order valence-electron chi connectivity index (χ4n) is 3.79. The van der Waals surface area contributed by atoms with E-state index in [4.69, 9.17) is 0 Å². The maximum absolute atomic E-state index is 12.4. The van der Waals surface area contributed by atoms with E-state index >= 15 is 0 Å². The number of carbonyl (C=O) groups excluding carboxylic acids is 1. The molecule has 7 heteroatoms.